The Balaban J connectivity index is 1.29. The maximum absolute atomic E-state index is 12.9. The number of fused-ring (bicyclic) bond motifs is 1. The molecule has 0 atom stereocenters. The third-order valence-electron chi connectivity index (χ3n) is 5.31. The van der Waals surface area contributed by atoms with Crippen LogP contribution in [0.15, 0.2) is 72.1 Å². The number of carbonyl (C=O) groups excluding carboxylic acids is 1. The topological polar surface area (TPSA) is 128 Å². The van der Waals surface area contributed by atoms with Crippen LogP contribution in [-0.2, 0) is 21.2 Å². The molecular weight excluding hydrogens is 456 g/mol. The average Bonchev–Trinajstić information content (AvgIpc) is 3.26. The number of nitrogens with zero attached hydrogens (tertiary/aromatic N) is 4. The van der Waals surface area contributed by atoms with E-state index in [4.69, 9.17) is 4.74 Å². The molecule has 0 saturated heterocycles. The van der Waals surface area contributed by atoms with Crippen molar-refractivity contribution in [3.8, 4) is 17.4 Å². The first kappa shape index (κ1) is 21.6. The number of sulfonamides is 1. The molecule has 0 fully saturated rings. The fourth-order valence-corrected chi connectivity index (χ4v) is 4.70. The highest BCUT2D eigenvalue weighted by atomic mass is 32.2. The molecule has 1 aliphatic rings. The summed E-state index contributed by atoms with van der Waals surface area (Å²) in [5, 5.41) is 2.75. The number of benzene rings is 2. The number of imidazole rings is 1. The number of hydrogen-bond acceptors (Lipinski definition) is 7. The second-order valence-electron chi connectivity index (χ2n) is 7.66. The van der Waals surface area contributed by atoms with Gasteiger partial charge in [-0.15, -0.1) is 0 Å². The van der Waals surface area contributed by atoms with Gasteiger partial charge < -0.3 is 10.1 Å². The van der Waals surface area contributed by atoms with Crippen molar-refractivity contribution in [3.63, 3.8) is 0 Å². The van der Waals surface area contributed by atoms with Gasteiger partial charge in [-0.2, -0.15) is 0 Å². The van der Waals surface area contributed by atoms with E-state index in [9.17, 15) is 13.2 Å². The number of hydrogen-bond donors (Lipinski definition) is 2. The molecule has 172 valence electrons. The molecule has 5 rings (SSSR count). The summed E-state index contributed by atoms with van der Waals surface area (Å²) in [6, 6.07) is 12.8. The first-order valence-electron chi connectivity index (χ1n) is 10.4. The van der Waals surface area contributed by atoms with E-state index < -0.39 is 10.0 Å². The van der Waals surface area contributed by atoms with Crippen LogP contribution in [0.5, 0.6) is 11.6 Å². The van der Waals surface area contributed by atoms with Crippen LogP contribution in [0.25, 0.3) is 5.82 Å². The molecule has 2 N–H and O–H groups in total. The number of ether oxygens (including phenoxy) is 1. The molecule has 10 nitrogen and oxygen atoms in total. The zero-order chi connectivity index (χ0) is 23.7. The van der Waals surface area contributed by atoms with Gasteiger partial charge in [0, 0.05) is 36.3 Å². The predicted octanol–water partition coefficient (Wildman–Crippen LogP) is 3.45. The van der Waals surface area contributed by atoms with Crippen molar-refractivity contribution in [2.24, 2.45) is 0 Å². The first-order valence-corrected chi connectivity index (χ1v) is 11.9. The van der Waals surface area contributed by atoms with E-state index in [1.807, 2.05) is 6.92 Å². The Morgan fingerprint density at radius 2 is 1.85 bits per heavy atom. The Hall–Kier alpha value is -4.25. The lowest BCUT2D eigenvalue weighted by Crippen LogP contribution is -2.20. The summed E-state index contributed by atoms with van der Waals surface area (Å²) in [6.45, 7) is 1.87. The van der Waals surface area contributed by atoms with Gasteiger partial charge in [0.05, 0.1) is 4.90 Å². The van der Waals surface area contributed by atoms with Gasteiger partial charge in [-0.1, -0.05) is 0 Å². The van der Waals surface area contributed by atoms with Crippen molar-refractivity contribution < 1.29 is 17.9 Å². The fraction of sp³-hybridized carbons (Fsp3) is 0.130. The minimum absolute atomic E-state index is 0.0708. The molecule has 2 aromatic carbocycles. The molecule has 0 radical (unpaired) electrons. The number of aromatic nitrogens is 4. The monoisotopic (exact) mass is 476 g/mol. The first-order chi connectivity index (χ1) is 16.4. The lowest BCUT2D eigenvalue weighted by atomic mass is 10.0. The van der Waals surface area contributed by atoms with Crippen LogP contribution in [-0.4, -0.2) is 33.8 Å². The van der Waals surface area contributed by atoms with Crippen LogP contribution < -0.4 is 14.8 Å². The Morgan fingerprint density at radius 1 is 1.03 bits per heavy atom. The summed E-state index contributed by atoms with van der Waals surface area (Å²) < 4.78 is 35.9. The van der Waals surface area contributed by atoms with Crippen LogP contribution in [0.1, 0.15) is 17.8 Å². The zero-order valence-electron chi connectivity index (χ0n) is 18.1. The molecule has 11 heteroatoms. The number of amides is 1. The van der Waals surface area contributed by atoms with E-state index >= 15 is 0 Å². The Morgan fingerprint density at radius 3 is 2.62 bits per heavy atom. The zero-order valence-corrected chi connectivity index (χ0v) is 18.9. The van der Waals surface area contributed by atoms with Crippen LogP contribution in [0.4, 0.5) is 11.4 Å². The predicted molar refractivity (Wildman–Crippen MR) is 125 cm³/mol. The van der Waals surface area contributed by atoms with Crippen molar-refractivity contribution in [3.05, 3.63) is 78.6 Å². The maximum Gasteiger partial charge on any atom is 0.261 e. The molecule has 0 unspecified atom stereocenters. The van der Waals surface area contributed by atoms with E-state index in [0.29, 0.717) is 41.7 Å². The largest absolute Gasteiger partial charge is 0.439 e. The van der Waals surface area contributed by atoms with Crippen LogP contribution in [0.2, 0.25) is 0 Å². The van der Waals surface area contributed by atoms with Gasteiger partial charge in [-0.3, -0.25) is 14.1 Å². The lowest BCUT2D eigenvalue weighted by molar-refractivity contribution is -0.116. The highest BCUT2D eigenvalue weighted by molar-refractivity contribution is 7.92. The second-order valence-corrected chi connectivity index (χ2v) is 9.34. The van der Waals surface area contributed by atoms with Gasteiger partial charge in [0.1, 0.15) is 23.7 Å². The molecule has 0 spiro atoms. The van der Waals surface area contributed by atoms with Gasteiger partial charge in [-0.25, -0.2) is 23.4 Å². The standard InChI is InChI=1S/C23H20N6O4S/c1-15-24-10-11-29(15)21-13-23(26-14-25-21)33-18-5-3-17(4-6-18)28-34(31,32)19-7-8-20-16(12-19)2-9-22(30)27-20/h3-8,10-14,28H,2,9H2,1H3,(H,27,30). The van der Waals surface area contributed by atoms with Crippen molar-refractivity contribution in [2.75, 3.05) is 10.0 Å². The van der Waals surface area contributed by atoms with E-state index in [-0.39, 0.29) is 10.8 Å². The summed E-state index contributed by atoms with van der Waals surface area (Å²) in [7, 11) is -3.80. The smallest absolute Gasteiger partial charge is 0.261 e. The third-order valence-corrected chi connectivity index (χ3v) is 6.69. The van der Waals surface area contributed by atoms with Crippen molar-refractivity contribution in [2.45, 2.75) is 24.7 Å². The highest BCUT2D eigenvalue weighted by Gasteiger charge is 2.20. The Kier molecular flexibility index (Phi) is 5.46. The summed E-state index contributed by atoms with van der Waals surface area (Å²) in [6.07, 6.45) is 5.71. The maximum atomic E-state index is 12.9. The van der Waals surface area contributed by atoms with Crippen LogP contribution >= 0.6 is 0 Å². The molecule has 1 aliphatic heterocycles. The molecular formula is C23H20N6O4S. The van der Waals surface area contributed by atoms with Gasteiger partial charge in [0.15, 0.2) is 0 Å². The van der Waals surface area contributed by atoms with Gasteiger partial charge in [0.2, 0.25) is 11.8 Å². The Labute approximate surface area is 195 Å². The minimum Gasteiger partial charge on any atom is -0.439 e. The van der Waals surface area contributed by atoms with E-state index in [1.165, 1.54) is 12.4 Å². The number of anilines is 2. The number of aryl methyl sites for hydroxylation is 2. The fourth-order valence-electron chi connectivity index (χ4n) is 3.59. The molecule has 0 aliphatic carbocycles. The number of nitrogens with one attached hydrogen (secondary N) is 2. The van der Waals surface area contributed by atoms with Crippen molar-refractivity contribution in [1.82, 2.24) is 19.5 Å². The number of rotatable bonds is 6. The summed E-state index contributed by atoms with van der Waals surface area (Å²) in [4.78, 5) is 24.2. The second kappa shape index (κ2) is 8.60. The SMILES string of the molecule is Cc1nccn1-c1cc(Oc2ccc(NS(=O)(=O)c3ccc4c(c3)CCC(=O)N4)cc2)ncn1. The summed E-state index contributed by atoms with van der Waals surface area (Å²) in [5.74, 6) is 2.16. The normalized spacial score (nSPS) is 13.1. The van der Waals surface area contributed by atoms with Crippen LogP contribution in [0.3, 0.4) is 0 Å². The van der Waals surface area contributed by atoms with Gasteiger partial charge in [0.25, 0.3) is 10.0 Å². The molecule has 34 heavy (non-hydrogen) atoms. The lowest BCUT2D eigenvalue weighted by Gasteiger charge is -2.18. The Bertz CT molecular complexity index is 1480. The van der Waals surface area contributed by atoms with Gasteiger partial charge >= 0.3 is 0 Å². The summed E-state index contributed by atoms with van der Waals surface area (Å²) in [5.41, 5.74) is 1.82. The van der Waals surface area contributed by atoms with Crippen LogP contribution in [0, 0.1) is 6.92 Å². The van der Waals surface area contributed by atoms with Crippen molar-refractivity contribution in [1.29, 1.82) is 0 Å². The molecule has 4 aromatic rings. The molecule has 2 aromatic heterocycles. The molecule has 0 bridgehead atoms. The average molecular weight is 477 g/mol. The number of carbonyl (C=O) groups is 1. The van der Waals surface area contributed by atoms with E-state index in [1.54, 1.807) is 59.4 Å². The molecule has 0 saturated carbocycles. The van der Waals surface area contributed by atoms with Crippen molar-refractivity contribution >= 4 is 27.3 Å². The quantitative estimate of drug-likeness (QED) is 0.436. The highest BCUT2D eigenvalue weighted by Crippen LogP contribution is 2.28. The molecule has 3 heterocycles. The third kappa shape index (κ3) is 4.46. The summed E-state index contributed by atoms with van der Waals surface area (Å²) >= 11 is 0. The van der Waals surface area contributed by atoms with E-state index in [0.717, 1.165) is 11.4 Å². The molecule has 1 amide bonds. The van der Waals surface area contributed by atoms with E-state index in [2.05, 4.69) is 25.0 Å². The minimum atomic E-state index is -3.80. The van der Waals surface area contributed by atoms with Gasteiger partial charge in [-0.05, 0) is 61.4 Å².